The summed E-state index contributed by atoms with van der Waals surface area (Å²) in [5.41, 5.74) is 3.55. The van der Waals surface area contributed by atoms with Crippen molar-refractivity contribution in [2.45, 2.75) is 44.9 Å². The molecule has 0 bridgehead atoms. The van der Waals surface area contributed by atoms with E-state index in [0.29, 0.717) is 12.3 Å². The molecule has 7 heteroatoms. The fourth-order valence-corrected chi connectivity index (χ4v) is 6.35. The zero-order chi connectivity index (χ0) is 22.6. The molecule has 4 aromatic rings. The Morgan fingerprint density at radius 2 is 1.91 bits per heavy atom. The van der Waals surface area contributed by atoms with E-state index < -0.39 is 0 Å². The number of ketones is 1. The van der Waals surface area contributed by atoms with Crippen molar-refractivity contribution in [3.63, 3.8) is 0 Å². The fourth-order valence-electron chi connectivity index (χ4n) is 4.64. The Morgan fingerprint density at radius 3 is 2.76 bits per heavy atom. The second kappa shape index (κ2) is 10.1. The van der Waals surface area contributed by atoms with Gasteiger partial charge in [-0.25, -0.2) is 4.98 Å². The molecule has 170 valence electrons. The average Bonchev–Trinajstić information content (AvgIpc) is 3.50. The number of unbranched alkanes of at least 4 members (excludes halogenated alkanes) is 2. The van der Waals surface area contributed by atoms with Crippen LogP contribution in [-0.4, -0.2) is 39.6 Å². The summed E-state index contributed by atoms with van der Waals surface area (Å²) >= 11 is 3.12. The minimum Gasteiger partial charge on any atom is -0.339 e. The average molecular weight is 478 g/mol. The zero-order valence-corrected chi connectivity index (χ0v) is 20.2. The Labute approximate surface area is 201 Å². The van der Waals surface area contributed by atoms with E-state index >= 15 is 0 Å². The normalized spacial score (nSPS) is 14.8. The molecule has 1 amide bonds. The van der Waals surface area contributed by atoms with Crippen molar-refractivity contribution < 1.29 is 9.59 Å². The van der Waals surface area contributed by atoms with Crippen LogP contribution < -0.4 is 0 Å². The number of amides is 1. The molecule has 0 N–H and O–H groups in total. The van der Waals surface area contributed by atoms with Crippen molar-refractivity contribution in [3.05, 3.63) is 58.7 Å². The van der Waals surface area contributed by atoms with Crippen molar-refractivity contribution >= 4 is 54.7 Å². The van der Waals surface area contributed by atoms with Gasteiger partial charge in [-0.2, -0.15) is 0 Å². The lowest BCUT2D eigenvalue weighted by Gasteiger charge is -2.32. The van der Waals surface area contributed by atoms with Crippen molar-refractivity contribution in [1.29, 1.82) is 0 Å². The molecule has 5 nitrogen and oxygen atoms in total. The first kappa shape index (κ1) is 22.2. The summed E-state index contributed by atoms with van der Waals surface area (Å²) in [5, 5.41) is 1.10. The minimum atomic E-state index is 0.138. The highest BCUT2D eigenvalue weighted by atomic mass is 32.1. The number of thiophene rings is 1. The molecule has 1 aromatic carbocycles. The van der Waals surface area contributed by atoms with Gasteiger partial charge in [-0.15, -0.1) is 22.7 Å². The van der Waals surface area contributed by atoms with Crippen LogP contribution >= 0.6 is 22.7 Å². The molecule has 5 rings (SSSR count). The van der Waals surface area contributed by atoms with E-state index in [1.165, 1.54) is 6.42 Å². The van der Waals surface area contributed by atoms with E-state index in [-0.39, 0.29) is 11.7 Å². The number of hydrogen-bond donors (Lipinski definition) is 0. The van der Waals surface area contributed by atoms with Gasteiger partial charge in [0.15, 0.2) is 5.78 Å². The molecule has 1 saturated heterocycles. The van der Waals surface area contributed by atoms with E-state index in [1.54, 1.807) is 28.9 Å². The van der Waals surface area contributed by atoms with Crippen molar-refractivity contribution in [1.82, 2.24) is 14.9 Å². The maximum atomic E-state index is 12.9. The topological polar surface area (TPSA) is 63.2 Å². The number of pyridine rings is 1. The van der Waals surface area contributed by atoms with Crippen LogP contribution in [0.25, 0.3) is 20.3 Å². The van der Waals surface area contributed by atoms with Gasteiger partial charge in [0, 0.05) is 37.5 Å². The van der Waals surface area contributed by atoms with Gasteiger partial charge in [0.25, 0.3) is 5.91 Å². The van der Waals surface area contributed by atoms with Gasteiger partial charge in [0.1, 0.15) is 0 Å². The van der Waals surface area contributed by atoms with Gasteiger partial charge in [0.2, 0.25) is 0 Å². The smallest absolute Gasteiger partial charge is 0.253 e. The van der Waals surface area contributed by atoms with Crippen LogP contribution in [-0.2, 0) is 0 Å². The standard InChI is InChI=1S/C26H27N3O2S2/c30-22(24-14-19-8-11-27-16-25(19)33-24)5-3-1-2-4-18-9-12-29(13-10-18)26(31)20-6-7-21-23(15-20)32-17-28-21/h6-8,11,14-18H,1-5,9-10,12-13H2. The lowest BCUT2D eigenvalue weighted by atomic mass is 9.90. The van der Waals surface area contributed by atoms with Crippen LogP contribution in [0.15, 0.2) is 48.2 Å². The number of carbonyl (C=O) groups is 2. The number of likely N-dealkylation sites (tertiary alicyclic amines) is 1. The third-order valence-electron chi connectivity index (χ3n) is 6.59. The predicted octanol–water partition coefficient (Wildman–Crippen LogP) is 6.59. The summed E-state index contributed by atoms with van der Waals surface area (Å²) in [6, 6.07) is 9.76. The van der Waals surface area contributed by atoms with E-state index in [4.69, 9.17) is 0 Å². The Bertz CT molecular complexity index is 1240. The highest BCUT2D eigenvalue weighted by molar-refractivity contribution is 7.20. The van der Waals surface area contributed by atoms with Crippen LogP contribution in [0, 0.1) is 5.92 Å². The van der Waals surface area contributed by atoms with Gasteiger partial charge in [0.05, 0.1) is 25.3 Å². The molecule has 1 fully saturated rings. The Balaban J connectivity index is 1.01. The lowest BCUT2D eigenvalue weighted by Crippen LogP contribution is -2.38. The number of aromatic nitrogens is 2. The number of benzene rings is 1. The van der Waals surface area contributed by atoms with Gasteiger partial charge >= 0.3 is 0 Å². The maximum Gasteiger partial charge on any atom is 0.253 e. The summed E-state index contributed by atoms with van der Waals surface area (Å²) in [6.07, 6.45) is 10.8. The number of piperidine rings is 1. The Morgan fingerprint density at radius 1 is 1.03 bits per heavy atom. The highest BCUT2D eigenvalue weighted by Gasteiger charge is 2.23. The number of fused-ring (bicyclic) bond motifs is 2. The van der Waals surface area contributed by atoms with Crippen molar-refractivity contribution in [2.24, 2.45) is 5.92 Å². The van der Waals surface area contributed by atoms with Crippen LogP contribution in [0.3, 0.4) is 0 Å². The number of nitrogens with zero attached hydrogens (tertiary/aromatic N) is 3. The second-order valence-corrected chi connectivity index (χ2v) is 10.8. The van der Waals surface area contributed by atoms with Crippen LogP contribution in [0.1, 0.15) is 65.0 Å². The first-order valence-corrected chi connectivity index (χ1v) is 13.4. The van der Waals surface area contributed by atoms with Crippen LogP contribution in [0.4, 0.5) is 0 Å². The fraction of sp³-hybridized carbons (Fsp3) is 0.385. The summed E-state index contributed by atoms with van der Waals surface area (Å²) < 4.78 is 2.15. The third-order valence-corrected chi connectivity index (χ3v) is 8.51. The maximum absolute atomic E-state index is 12.9. The third kappa shape index (κ3) is 5.14. The van der Waals surface area contributed by atoms with Gasteiger partial charge < -0.3 is 4.90 Å². The second-order valence-electron chi connectivity index (χ2n) is 8.82. The molecule has 0 spiro atoms. The van der Waals surface area contributed by atoms with E-state index in [9.17, 15) is 9.59 Å². The highest BCUT2D eigenvalue weighted by Crippen LogP contribution is 2.28. The molecule has 0 saturated carbocycles. The molecule has 1 aliphatic rings. The summed E-state index contributed by atoms with van der Waals surface area (Å²) in [7, 11) is 0. The van der Waals surface area contributed by atoms with Crippen LogP contribution in [0.2, 0.25) is 0 Å². The van der Waals surface area contributed by atoms with Gasteiger partial charge in [-0.1, -0.05) is 19.3 Å². The molecule has 0 aliphatic carbocycles. The first-order valence-electron chi connectivity index (χ1n) is 11.7. The molecule has 3 aromatic heterocycles. The number of hydrogen-bond acceptors (Lipinski definition) is 6. The van der Waals surface area contributed by atoms with E-state index in [0.717, 1.165) is 75.9 Å². The molecule has 1 aliphatic heterocycles. The SMILES string of the molecule is O=C(CCCCCC1CCN(C(=O)c2ccc3ncsc3c2)CC1)c1cc2ccncc2s1. The molecule has 0 unspecified atom stereocenters. The molecular formula is C26H27N3O2S2. The molecule has 33 heavy (non-hydrogen) atoms. The van der Waals surface area contributed by atoms with Gasteiger partial charge in [-0.05, 0) is 60.9 Å². The van der Waals surface area contributed by atoms with Gasteiger partial charge in [-0.3, -0.25) is 14.6 Å². The summed E-state index contributed by atoms with van der Waals surface area (Å²) in [4.78, 5) is 36.7. The van der Waals surface area contributed by atoms with Crippen molar-refractivity contribution in [3.8, 4) is 0 Å². The van der Waals surface area contributed by atoms with Crippen molar-refractivity contribution in [2.75, 3.05) is 13.1 Å². The van der Waals surface area contributed by atoms with E-state index in [1.807, 2.05) is 46.9 Å². The molecule has 0 radical (unpaired) electrons. The Kier molecular flexibility index (Phi) is 6.78. The zero-order valence-electron chi connectivity index (χ0n) is 18.5. The van der Waals surface area contributed by atoms with Crippen LogP contribution in [0.5, 0.6) is 0 Å². The Hall–Kier alpha value is -2.64. The predicted molar refractivity (Wildman–Crippen MR) is 135 cm³/mol. The minimum absolute atomic E-state index is 0.138. The largest absolute Gasteiger partial charge is 0.339 e. The molecule has 4 heterocycles. The number of rotatable bonds is 8. The molecule has 0 atom stereocenters. The van der Waals surface area contributed by atoms with E-state index in [2.05, 4.69) is 9.97 Å². The molecular weight excluding hydrogens is 450 g/mol. The number of Topliss-reactive ketones (excluding diaryl/α,β-unsaturated/α-hetero) is 1. The first-order chi connectivity index (χ1) is 16.2. The summed E-state index contributed by atoms with van der Waals surface area (Å²) in [6.45, 7) is 1.67. The lowest BCUT2D eigenvalue weighted by molar-refractivity contribution is 0.0686. The number of carbonyl (C=O) groups excluding carboxylic acids is 2. The monoisotopic (exact) mass is 477 g/mol. The quantitative estimate of drug-likeness (QED) is 0.212. The summed E-state index contributed by atoms with van der Waals surface area (Å²) in [5.74, 6) is 1.07. The number of thiazole rings is 1.